The number of alkyl halides is 1. The lowest BCUT2D eigenvalue weighted by Gasteiger charge is -2.46. The van der Waals surface area contributed by atoms with Crippen molar-refractivity contribution >= 4 is 30.0 Å². The van der Waals surface area contributed by atoms with Gasteiger partial charge in [-0.25, -0.2) is 0 Å². The molecule has 0 spiro atoms. The highest BCUT2D eigenvalue weighted by molar-refractivity contribution is 6.19. The van der Waals surface area contributed by atoms with E-state index in [0.29, 0.717) is 19.1 Å². The van der Waals surface area contributed by atoms with Crippen molar-refractivity contribution in [2.75, 3.05) is 19.0 Å². The molecule has 1 N–H and O–H groups in total. The fourth-order valence-corrected chi connectivity index (χ4v) is 1.99. The maximum Gasteiger partial charge on any atom is 0.313 e. The van der Waals surface area contributed by atoms with Crippen LogP contribution in [0.4, 0.5) is 0 Å². The van der Waals surface area contributed by atoms with Gasteiger partial charge in [-0.15, -0.1) is 24.0 Å². The van der Waals surface area contributed by atoms with Gasteiger partial charge in [0.15, 0.2) is 0 Å². The number of carboxylic acid groups (broad SMARTS) is 1. The normalized spacial score (nSPS) is 25.9. The Kier molecular flexibility index (Phi) is 3.10. The minimum absolute atomic E-state index is 0. The van der Waals surface area contributed by atoms with Gasteiger partial charge in [0.25, 0.3) is 0 Å². The summed E-state index contributed by atoms with van der Waals surface area (Å²) in [5, 5.41) is 8.89. The molecule has 0 radical (unpaired) electrons. The summed E-state index contributed by atoms with van der Waals surface area (Å²) in [4.78, 5) is 13.0. The van der Waals surface area contributed by atoms with Gasteiger partial charge in [0.2, 0.25) is 0 Å². The molecule has 5 heteroatoms. The van der Waals surface area contributed by atoms with E-state index >= 15 is 0 Å². The van der Waals surface area contributed by atoms with E-state index in [1.165, 1.54) is 12.8 Å². The first kappa shape index (κ1) is 11.1. The van der Waals surface area contributed by atoms with E-state index in [0.717, 1.165) is 0 Å². The average molecular weight is 226 g/mol. The molecule has 2 rings (SSSR count). The first-order chi connectivity index (χ1) is 5.68. The van der Waals surface area contributed by atoms with E-state index in [1.807, 2.05) is 0 Å². The van der Waals surface area contributed by atoms with E-state index < -0.39 is 11.4 Å². The van der Waals surface area contributed by atoms with Crippen LogP contribution in [0.3, 0.4) is 0 Å². The minimum Gasteiger partial charge on any atom is -0.481 e. The zero-order chi connectivity index (χ0) is 8.77. The summed E-state index contributed by atoms with van der Waals surface area (Å²) in [6.07, 6.45) is 2.47. The molecular formula is C8H13Cl2NO2. The lowest BCUT2D eigenvalue weighted by atomic mass is 9.81. The van der Waals surface area contributed by atoms with Crippen molar-refractivity contribution < 1.29 is 9.90 Å². The Morgan fingerprint density at radius 1 is 1.54 bits per heavy atom. The standard InChI is InChI=1S/C8H12ClNO2.ClH/c9-3-8(7(11)12)4-10(5-8)6-1-2-6;/h6H,1-5H2,(H,11,12);1H. The highest BCUT2D eigenvalue weighted by Crippen LogP contribution is 2.40. The molecule has 2 fully saturated rings. The predicted molar refractivity (Wildman–Crippen MR) is 52.6 cm³/mol. The number of halogens is 2. The van der Waals surface area contributed by atoms with Crippen LogP contribution >= 0.6 is 24.0 Å². The first-order valence-electron chi connectivity index (χ1n) is 4.21. The van der Waals surface area contributed by atoms with Crippen LogP contribution in [0.15, 0.2) is 0 Å². The molecule has 0 aromatic heterocycles. The number of carboxylic acids is 1. The van der Waals surface area contributed by atoms with Crippen LogP contribution in [0.5, 0.6) is 0 Å². The molecular weight excluding hydrogens is 213 g/mol. The molecule has 1 saturated heterocycles. The van der Waals surface area contributed by atoms with E-state index in [4.69, 9.17) is 16.7 Å². The van der Waals surface area contributed by atoms with Crippen LogP contribution in [-0.4, -0.2) is 41.0 Å². The second-order valence-electron chi connectivity index (χ2n) is 3.86. The van der Waals surface area contributed by atoms with Gasteiger partial charge in [0.05, 0.1) is 0 Å². The molecule has 76 valence electrons. The van der Waals surface area contributed by atoms with Crippen molar-refractivity contribution in [2.45, 2.75) is 18.9 Å². The SMILES string of the molecule is Cl.O=C(O)C1(CCl)CN(C2CC2)C1. The van der Waals surface area contributed by atoms with Crippen LogP contribution in [0.2, 0.25) is 0 Å². The van der Waals surface area contributed by atoms with Crippen molar-refractivity contribution in [1.82, 2.24) is 4.90 Å². The average Bonchev–Trinajstić information content (AvgIpc) is 2.68. The molecule has 0 amide bonds. The third-order valence-corrected chi connectivity index (χ3v) is 3.30. The maximum atomic E-state index is 10.8. The van der Waals surface area contributed by atoms with Gasteiger partial charge in [0, 0.05) is 25.0 Å². The molecule has 0 unspecified atom stereocenters. The Balaban J connectivity index is 0.000000845. The van der Waals surface area contributed by atoms with Crippen LogP contribution in [0.25, 0.3) is 0 Å². The predicted octanol–water partition coefficient (Wildman–Crippen LogP) is 1.20. The largest absolute Gasteiger partial charge is 0.481 e. The number of likely N-dealkylation sites (tertiary alicyclic amines) is 1. The van der Waals surface area contributed by atoms with Gasteiger partial charge in [-0.05, 0) is 12.8 Å². The number of rotatable bonds is 3. The van der Waals surface area contributed by atoms with Crippen molar-refractivity contribution in [3.05, 3.63) is 0 Å². The lowest BCUT2D eigenvalue weighted by Crippen LogP contribution is -2.62. The van der Waals surface area contributed by atoms with Gasteiger partial charge in [-0.3, -0.25) is 9.69 Å². The zero-order valence-corrected chi connectivity index (χ0v) is 8.77. The van der Waals surface area contributed by atoms with Gasteiger partial charge in [-0.2, -0.15) is 0 Å². The van der Waals surface area contributed by atoms with Crippen molar-refractivity contribution in [2.24, 2.45) is 5.41 Å². The Hall–Kier alpha value is 0.01000. The number of hydrogen-bond donors (Lipinski definition) is 1. The highest BCUT2D eigenvalue weighted by Gasteiger charge is 2.52. The molecule has 1 aliphatic heterocycles. The summed E-state index contributed by atoms with van der Waals surface area (Å²) in [6.45, 7) is 1.30. The van der Waals surface area contributed by atoms with E-state index in [2.05, 4.69) is 4.90 Å². The van der Waals surface area contributed by atoms with E-state index in [1.54, 1.807) is 0 Å². The van der Waals surface area contributed by atoms with Gasteiger partial charge in [-0.1, -0.05) is 0 Å². The van der Waals surface area contributed by atoms with Crippen molar-refractivity contribution in [3.8, 4) is 0 Å². The van der Waals surface area contributed by atoms with E-state index in [-0.39, 0.29) is 18.3 Å². The number of nitrogens with zero attached hydrogens (tertiary/aromatic N) is 1. The number of carbonyl (C=O) groups is 1. The van der Waals surface area contributed by atoms with Crippen LogP contribution in [0.1, 0.15) is 12.8 Å². The molecule has 2 aliphatic rings. The highest BCUT2D eigenvalue weighted by atomic mass is 35.5. The number of aliphatic carboxylic acids is 1. The van der Waals surface area contributed by atoms with Gasteiger partial charge >= 0.3 is 5.97 Å². The molecule has 0 bridgehead atoms. The molecule has 1 saturated carbocycles. The minimum atomic E-state index is -0.741. The van der Waals surface area contributed by atoms with Gasteiger partial charge < -0.3 is 5.11 Å². The molecule has 1 aliphatic carbocycles. The van der Waals surface area contributed by atoms with E-state index in [9.17, 15) is 4.79 Å². The summed E-state index contributed by atoms with van der Waals surface area (Å²) >= 11 is 5.64. The van der Waals surface area contributed by atoms with Crippen LogP contribution in [0, 0.1) is 5.41 Å². The quantitative estimate of drug-likeness (QED) is 0.735. The zero-order valence-electron chi connectivity index (χ0n) is 7.20. The third-order valence-electron chi connectivity index (χ3n) is 2.78. The molecule has 0 atom stereocenters. The Bertz CT molecular complexity index is 212. The monoisotopic (exact) mass is 225 g/mol. The summed E-state index contributed by atoms with van der Waals surface area (Å²) in [5.41, 5.74) is -0.635. The van der Waals surface area contributed by atoms with Crippen LogP contribution < -0.4 is 0 Å². The molecule has 1 heterocycles. The maximum absolute atomic E-state index is 10.8. The second-order valence-corrected chi connectivity index (χ2v) is 4.12. The van der Waals surface area contributed by atoms with Crippen molar-refractivity contribution in [1.29, 1.82) is 0 Å². The third kappa shape index (κ3) is 1.78. The molecule has 13 heavy (non-hydrogen) atoms. The summed E-state index contributed by atoms with van der Waals surface area (Å²) < 4.78 is 0. The molecule has 0 aromatic carbocycles. The topological polar surface area (TPSA) is 40.5 Å². The molecule has 3 nitrogen and oxygen atoms in total. The van der Waals surface area contributed by atoms with Crippen LogP contribution in [-0.2, 0) is 4.79 Å². The second kappa shape index (κ2) is 3.64. The fourth-order valence-electron chi connectivity index (χ4n) is 1.71. The van der Waals surface area contributed by atoms with Gasteiger partial charge in [0.1, 0.15) is 5.41 Å². The summed E-state index contributed by atoms with van der Waals surface area (Å²) in [7, 11) is 0. The Morgan fingerprint density at radius 3 is 2.38 bits per heavy atom. The molecule has 0 aromatic rings. The number of hydrogen-bond acceptors (Lipinski definition) is 2. The fraction of sp³-hybridized carbons (Fsp3) is 0.875. The lowest BCUT2D eigenvalue weighted by molar-refractivity contribution is -0.158. The summed E-state index contributed by atoms with van der Waals surface area (Å²) in [6, 6.07) is 0.667. The first-order valence-corrected chi connectivity index (χ1v) is 4.75. The smallest absolute Gasteiger partial charge is 0.313 e. The summed E-state index contributed by atoms with van der Waals surface area (Å²) in [5.74, 6) is -0.500. The Morgan fingerprint density at radius 2 is 2.08 bits per heavy atom. The Labute approximate surface area is 88.5 Å². The van der Waals surface area contributed by atoms with Crippen molar-refractivity contribution in [3.63, 3.8) is 0 Å².